The van der Waals surface area contributed by atoms with Gasteiger partial charge in [0, 0.05) is 38.3 Å². The summed E-state index contributed by atoms with van der Waals surface area (Å²) in [6.07, 6.45) is 6.19. The fourth-order valence-electron chi connectivity index (χ4n) is 2.60. The molecule has 0 saturated carbocycles. The first-order chi connectivity index (χ1) is 11.0. The van der Waals surface area contributed by atoms with Crippen LogP contribution in [0, 0.1) is 0 Å². The number of ether oxygens (including phenoxy) is 1. The molecule has 1 aliphatic rings. The number of rotatable bonds is 4. The molecule has 1 aromatic heterocycles. The Morgan fingerprint density at radius 2 is 2.04 bits per heavy atom. The molecular formula is C16H19N3O3S. The summed E-state index contributed by atoms with van der Waals surface area (Å²) in [5.74, 6) is 0. The molecule has 0 bridgehead atoms. The van der Waals surface area contributed by atoms with Gasteiger partial charge in [-0.05, 0) is 17.7 Å². The van der Waals surface area contributed by atoms with Crippen molar-refractivity contribution in [2.24, 2.45) is 0 Å². The Bertz CT molecular complexity index is 748. The van der Waals surface area contributed by atoms with E-state index in [-0.39, 0.29) is 6.10 Å². The minimum atomic E-state index is -3.15. The quantitative estimate of drug-likeness (QED) is 0.843. The molecule has 6 nitrogen and oxygen atoms in total. The Labute approximate surface area is 136 Å². The third-order valence-corrected chi connectivity index (χ3v) is 4.95. The maximum atomic E-state index is 11.5. The average molecular weight is 333 g/mol. The molecular weight excluding hydrogens is 314 g/mol. The third kappa shape index (κ3) is 4.13. The summed E-state index contributed by atoms with van der Waals surface area (Å²) >= 11 is 0. The third-order valence-electron chi connectivity index (χ3n) is 3.82. The van der Waals surface area contributed by atoms with Crippen LogP contribution >= 0.6 is 0 Å². The van der Waals surface area contributed by atoms with Crippen LogP contribution in [0.2, 0.25) is 0 Å². The zero-order valence-electron chi connectivity index (χ0n) is 12.9. The lowest BCUT2D eigenvalue weighted by Gasteiger charge is -2.32. The Balaban J connectivity index is 1.66. The maximum Gasteiger partial charge on any atom is 0.175 e. The van der Waals surface area contributed by atoms with E-state index in [1.165, 1.54) is 6.26 Å². The Morgan fingerprint density at radius 3 is 2.70 bits per heavy atom. The Hall–Kier alpha value is -1.83. The SMILES string of the molecule is CS(=O)(=O)c1ccc(CN2CCO[C@H](c3cnccn3)C2)cc1. The van der Waals surface area contributed by atoms with Gasteiger partial charge < -0.3 is 4.74 Å². The molecule has 2 heterocycles. The molecule has 2 aromatic rings. The van der Waals surface area contributed by atoms with E-state index < -0.39 is 9.84 Å². The molecule has 1 fully saturated rings. The monoisotopic (exact) mass is 333 g/mol. The first-order valence-corrected chi connectivity index (χ1v) is 9.30. The second-order valence-electron chi connectivity index (χ2n) is 5.64. The van der Waals surface area contributed by atoms with Gasteiger partial charge in [0.1, 0.15) is 6.10 Å². The number of hydrogen-bond acceptors (Lipinski definition) is 6. The highest BCUT2D eigenvalue weighted by Crippen LogP contribution is 2.21. The van der Waals surface area contributed by atoms with E-state index >= 15 is 0 Å². The topological polar surface area (TPSA) is 72.4 Å². The number of aromatic nitrogens is 2. The van der Waals surface area contributed by atoms with Crippen LogP contribution in [-0.2, 0) is 21.1 Å². The average Bonchev–Trinajstić information content (AvgIpc) is 2.56. The van der Waals surface area contributed by atoms with Gasteiger partial charge in [0.2, 0.25) is 0 Å². The first kappa shape index (κ1) is 16.0. The fourth-order valence-corrected chi connectivity index (χ4v) is 3.23. The van der Waals surface area contributed by atoms with Crippen molar-refractivity contribution >= 4 is 9.84 Å². The second-order valence-corrected chi connectivity index (χ2v) is 7.66. The van der Waals surface area contributed by atoms with E-state index in [9.17, 15) is 8.42 Å². The zero-order valence-corrected chi connectivity index (χ0v) is 13.7. The first-order valence-electron chi connectivity index (χ1n) is 7.41. The van der Waals surface area contributed by atoms with Crippen molar-refractivity contribution in [3.63, 3.8) is 0 Å². The van der Waals surface area contributed by atoms with Crippen LogP contribution in [-0.4, -0.2) is 49.2 Å². The zero-order chi connectivity index (χ0) is 16.3. The summed E-state index contributed by atoms with van der Waals surface area (Å²) in [5.41, 5.74) is 1.92. The molecule has 7 heteroatoms. The number of benzene rings is 1. The molecule has 1 saturated heterocycles. The number of nitrogens with zero attached hydrogens (tertiary/aromatic N) is 3. The molecule has 0 spiro atoms. The Morgan fingerprint density at radius 1 is 1.26 bits per heavy atom. The smallest absolute Gasteiger partial charge is 0.175 e. The van der Waals surface area contributed by atoms with Gasteiger partial charge >= 0.3 is 0 Å². The van der Waals surface area contributed by atoms with Crippen molar-refractivity contribution in [3.05, 3.63) is 54.1 Å². The molecule has 3 rings (SSSR count). The van der Waals surface area contributed by atoms with Crippen LogP contribution in [0.5, 0.6) is 0 Å². The molecule has 0 radical (unpaired) electrons. The minimum Gasteiger partial charge on any atom is -0.369 e. The highest BCUT2D eigenvalue weighted by Gasteiger charge is 2.23. The van der Waals surface area contributed by atoms with E-state index in [2.05, 4.69) is 14.9 Å². The van der Waals surface area contributed by atoms with Crippen molar-refractivity contribution in [3.8, 4) is 0 Å². The van der Waals surface area contributed by atoms with Crippen LogP contribution in [0.4, 0.5) is 0 Å². The highest BCUT2D eigenvalue weighted by atomic mass is 32.2. The van der Waals surface area contributed by atoms with E-state index in [0.717, 1.165) is 30.9 Å². The maximum absolute atomic E-state index is 11.5. The van der Waals surface area contributed by atoms with Crippen LogP contribution in [0.25, 0.3) is 0 Å². The molecule has 122 valence electrons. The molecule has 0 aliphatic carbocycles. The predicted molar refractivity (Wildman–Crippen MR) is 85.6 cm³/mol. The normalized spacial score (nSPS) is 19.6. The molecule has 0 N–H and O–H groups in total. The molecule has 0 amide bonds. The standard InChI is InChI=1S/C16H19N3O3S/c1-23(20,21)14-4-2-13(3-5-14)11-19-8-9-22-16(12-19)15-10-17-6-7-18-15/h2-7,10,16H,8-9,11-12H2,1H3/t16-/m0/s1. The fraction of sp³-hybridized carbons (Fsp3) is 0.375. The van der Waals surface area contributed by atoms with Crippen molar-refractivity contribution in [1.82, 2.24) is 14.9 Å². The van der Waals surface area contributed by atoms with Gasteiger partial charge in [-0.2, -0.15) is 0 Å². The Kier molecular flexibility index (Phi) is 4.70. The molecule has 0 unspecified atom stereocenters. The second kappa shape index (κ2) is 6.74. The number of hydrogen-bond donors (Lipinski definition) is 0. The van der Waals surface area contributed by atoms with Crippen molar-refractivity contribution in [2.75, 3.05) is 26.0 Å². The lowest BCUT2D eigenvalue weighted by atomic mass is 10.1. The van der Waals surface area contributed by atoms with Gasteiger partial charge in [-0.1, -0.05) is 12.1 Å². The molecule has 23 heavy (non-hydrogen) atoms. The van der Waals surface area contributed by atoms with Crippen LogP contribution < -0.4 is 0 Å². The van der Waals surface area contributed by atoms with E-state index in [4.69, 9.17) is 4.74 Å². The molecule has 1 aliphatic heterocycles. The highest BCUT2D eigenvalue weighted by molar-refractivity contribution is 7.90. The minimum absolute atomic E-state index is 0.0762. The van der Waals surface area contributed by atoms with E-state index in [0.29, 0.717) is 11.5 Å². The van der Waals surface area contributed by atoms with Crippen LogP contribution in [0.3, 0.4) is 0 Å². The van der Waals surface area contributed by atoms with Crippen molar-refractivity contribution < 1.29 is 13.2 Å². The van der Waals surface area contributed by atoms with Crippen molar-refractivity contribution in [1.29, 1.82) is 0 Å². The van der Waals surface area contributed by atoms with Gasteiger partial charge in [0.05, 0.1) is 23.4 Å². The van der Waals surface area contributed by atoms with Crippen LogP contribution in [0.15, 0.2) is 47.8 Å². The molecule has 1 atom stereocenters. The van der Waals surface area contributed by atoms with Crippen LogP contribution in [0.1, 0.15) is 17.4 Å². The molecule has 1 aromatic carbocycles. The van der Waals surface area contributed by atoms with Gasteiger partial charge in [0.15, 0.2) is 9.84 Å². The summed E-state index contributed by atoms with van der Waals surface area (Å²) < 4.78 is 28.8. The van der Waals surface area contributed by atoms with Crippen molar-refractivity contribution in [2.45, 2.75) is 17.5 Å². The van der Waals surface area contributed by atoms with E-state index in [1.54, 1.807) is 30.7 Å². The number of morpholine rings is 1. The summed E-state index contributed by atoms with van der Waals surface area (Å²) in [6.45, 7) is 2.98. The van der Waals surface area contributed by atoms with Gasteiger partial charge in [-0.15, -0.1) is 0 Å². The summed E-state index contributed by atoms with van der Waals surface area (Å²) in [4.78, 5) is 11.0. The summed E-state index contributed by atoms with van der Waals surface area (Å²) in [5, 5.41) is 0. The largest absolute Gasteiger partial charge is 0.369 e. The van der Waals surface area contributed by atoms with Gasteiger partial charge in [0.25, 0.3) is 0 Å². The number of sulfone groups is 1. The lowest BCUT2D eigenvalue weighted by molar-refractivity contribution is -0.0351. The van der Waals surface area contributed by atoms with E-state index in [1.807, 2.05) is 12.1 Å². The summed E-state index contributed by atoms with van der Waals surface area (Å²) in [6, 6.07) is 7.04. The summed E-state index contributed by atoms with van der Waals surface area (Å²) in [7, 11) is -3.15. The predicted octanol–water partition coefficient (Wildman–Crippen LogP) is 1.45. The van der Waals surface area contributed by atoms with Gasteiger partial charge in [-0.25, -0.2) is 8.42 Å². The van der Waals surface area contributed by atoms with Gasteiger partial charge in [-0.3, -0.25) is 14.9 Å². The lowest BCUT2D eigenvalue weighted by Crippen LogP contribution is -2.38.